The standard InChI is InChI=1S/6C13H28.3H3O3P/c6*1-3-5-7-9-11-13-12-10-8-6-4-2;3*1-4(2)3/h6*3-13H2,1-2H3;3*1-3H. The summed E-state index contributed by atoms with van der Waals surface area (Å²) in [5.74, 6) is 0. The second-order valence-corrected chi connectivity index (χ2v) is 27.5. The van der Waals surface area contributed by atoms with Gasteiger partial charge in [0.2, 0.25) is 0 Å². The summed E-state index contributed by atoms with van der Waals surface area (Å²) in [7, 11) is -7.86. The minimum Gasteiger partial charge on any atom is -0.328 e. The molecule has 0 bridgehead atoms. The molecule has 9 N–H and O–H groups in total. The lowest BCUT2D eigenvalue weighted by molar-refractivity contribution is 0.366. The molecule has 0 aliphatic rings. The normalized spacial score (nSPS) is 10.4. The second kappa shape index (κ2) is 123. The third-order valence-corrected chi connectivity index (χ3v) is 16.2. The van der Waals surface area contributed by atoms with Crippen LogP contribution in [0.3, 0.4) is 0 Å². The van der Waals surface area contributed by atoms with Gasteiger partial charge in [0.1, 0.15) is 0 Å². The van der Waals surface area contributed by atoms with Gasteiger partial charge in [0.15, 0.2) is 0 Å². The van der Waals surface area contributed by atoms with Gasteiger partial charge >= 0.3 is 25.8 Å². The highest BCUT2D eigenvalue weighted by Gasteiger charge is 1.97. The van der Waals surface area contributed by atoms with E-state index in [0.29, 0.717) is 0 Å². The zero-order valence-electron chi connectivity index (χ0n) is 64.0. The Kier molecular flexibility index (Phi) is 150. The largest absolute Gasteiger partial charge is 0.328 e. The fourth-order valence-electron chi connectivity index (χ4n) is 10.4. The van der Waals surface area contributed by atoms with Gasteiger partial charge in [-0.15, -0.1) is 0 Å². The van der Waals surface area contributed by atoms with Crippen molar-refractivity contribution in [2.24, 2.45) is 0 Å². The lowest BCUT2D eigenvalue weighted by Gasteiger charge is -2.00. The van der Waals surface area contributed by atoms with E-state index in [4.69, 9.17) is 44.0 Å². The van der Waals surface area contributed by atoms with Crippen molar-refractivity contribution in [1.29, 1.82) is 0 Å². The minimum absolute atomic E-state index is 1.37. The van der Waals surface area contributed by atoms with Crippen molar-refractivity contribution in [2.75, 3.05) is 0 Å². The quantitative estimate of drug-likeness (QED) is 0.0211. The predicted molar refractivity (Wildman–Crippen MR) is 414 cm³/mol. The highest BCUT2D eigenvalue weighted by atomic mass is 31.2. The van der Waals surface area contributed by atoms with E-state index >= 15 is 0 Å². The Morgan fingerprint density at radius 2 is 0.133 bits per heavy atom. The van der Waals surface area contributed by atoms with Crippen molar-refractivity contribution in [2.45, 2.75) is 507 Å². The molecule has 9 nitrogen and oxygen atoms in total. The summed E-state index contributed by atoms with van der Waals surface area (Å²) >= 11 is 0. The molecular formula is C78H177O9P3. The average molecular weight is 1350 g/mol. The fourth-order valence-corrected chi connectivity index (χ4v) is 10.4. The molecule has 0 amide bonds. The van der Waals surface area contributed by atoms with Crippen LogP contribution in [-0.4, -0.2) is 44.0 Å². The molecule has 0 fully saturated rings. The highest BCUT2D eigenvalue weighted by molar-refractivity contribution is 7.38. The van der Waals surface area contributed by atoms with E-state index in [1.165, 1.54) is 424 Å². The van der Waals surface area contributed by atoms with Crippen molar-refractivity contribution >= 4 is 25.8 Å². The molecule has 0 aliphatic carbocycles. The van der Waals surface area contributed by atoms with Gasteiger partial charge in [0, 0.05) is 0 Å². The predicted octanol–water partition coefficient (Wildman–Crippen LogP) is 29.5. The maximum atomic E-state index is 7.23. The summed E-state index contributed by atoms with van der Waals surface area (Å²) in [6, 6.07) is 0. The van der Waals surface area contributed by atoms with Gasteiger partial charge in [-0.25, -0.2) is 0 Å². The van der Waals surface area contributed by atoms with E-state index in [1.54, 1.807) is 0 Å². The summed E-state index contributed by atoms with van der Waals surface area (Å²) in [6.45, 7) is 27.4. The molecule has 0 saturated carbocycles. The van der Waals surface area contributed by atoms with Crippen LogP contribution in [0.4, 0.5) is 0 Å². The Morgan fingerprint density at radius 3 is 0.167 bits per heavy atom. The van der Waals surface area contributed by atoms with Crippen molar-refractivity contribution in [3.8, 4) is 0 Å². The van der Waals surface area contributed by atoms with Crippen molar-refractivity contribution < 1.29 is 44.0 Å². The molecule has 0 aliphatic heterocycles. The second-order valence-electron chi connectivity index (χ2n) is 25.9. The summed E-state index contributed by atoms with van der Waals surface area (Å²) in [5, 5.41) is 0. The molecule has 0 saturated heterocycles. The van der Waals surface area contributed by atoms with Gasteiger partial charge in [0.05, 0.1) is 0 Å². The number of hydrogen-bond donors (Lipinski definition) is 9. The third kappa shape index (κ3) is 185. The SMILES string of the molecule is CCCCCCCCCCCCC.CCCCCCCCCCCCC.CCCCCCCCCCCCC.CCCCCCCCCCCCC.CCCCCCCCCCCCC.CCCCCCCCCCCCC.OP(O)O.OP(O)O.OP(O)O. The molecule has 0 rings (SSSR count). The first-order valence-electron chi connectivity index (χ1n) is 40.3. The molecule has 12 heteroatoms. The smallest absolute Gasteiger partial charge is 0.324 e. The molecule has 0 heterocycles. The van der Waals surface area contributed by atoms with Crippen LogP contribution in [0.1, 0.15) is 507 Å². The van der Waals surface area contributed by atoms with Crippen LogP contribution >= 0.6 is 25.8 Å². The van der Waals surface area contributed by atoms with E-state index in [0.717, 1.165) is 0 Å². The topological polar surface area (TPSA) is 182 Å². The van der Waals surface area contributed by atoms with E-state index < -0.39 is 25.8 Å². The van der Waals surface area contributed by atoms with Crippen molar-refractivity contribution in [3.05, 3.63) is 0 Å². The van der Waals surface area contributed by atoms with Crippen LogP contribution in [0.15, 0.2) is 0 Å². The zero-order valence-corrected chi connectivity index (χ0v) is 66.7. The van der Waals surface area contributed by atoms with Gasteiger partial charge < -0.3 is 44.0 Å². The summed E-state index contributed by atoms with van der Waals surface area (Å²) in [4.78, 5) is 65.1. The van der Waals surface area contributed by atoms with E-state index in [1.807, 2.05) is 0 Å². The van der Waals surface area contributed by atoms with Crippen molar-refractivity contribution in [1.82, 2.24) is 0 Å². The lowest BCUT2D eigenvalue weighted by atomic mass is 10.1. The van der Waals surface area contributed by atoms with E-state index in [2.05, 4.69) is 83.1 Å². The Balaban J connectivity index is -0.000000120. The molecule has 0 aromatic rings. The van der Waals surface area contributed by atoms with E-state index in [-0.39, 0.29) is 0 Å². The van der Waals surface area contributed by atoms with Crippen LogP contribution < -0.4 is 0 Å². The number of hydrogen-bond acceptors (Lipinski definition) is 9. The molecule has 0 aromatic carbocycles. The molecule has 0 aromatic heterocycles. The van der Waals surface area contributed by atoms with E-state index in [9.17, 15) is 0 Å². The maximum Gasteiger partial charge on any atom is 0.324 e. The summed E-state index contributed by atoms with van der Waals surface area (Å²) in [6.07, 6.45) is 95.6. The molecule has 0 unspecified atom stereocenters. The number of unbranched alkanes of at least 4 members (excludes halogenated alkanes) is 60. The molecule has 0 spiro atoms. The molecule has 0 atom stereocenters. The Bertz CT molecular complexity index is 736. The number of rotatable bonds is 60. The van der Waals surface area contributed by atoms with Gasteiger partial charge in [-0.05, 0) is 0 Å². The first kappa shape index (κ1) is 110. The van der Waals surface area contributed by atoms with Crippen LogP contribution in [-0.2, 0) is 0 Å². The minimum atomic E-state index is -2.62. The zero-order chi connectivity index (χ0) is 69.4. The maximum absolute atomic E-state index is 7.23. The van der Waals surface area contributed by atoms with Gasteiger partial charge in [0.25, 0.3) is 0 Å². The third-order valence-electron chi connectivity index (χ3n) is 16.2. The van der Waals surface area contributed by atoms with Gasteiger partial charge in [-0.2, -0.15) is 0 Å². The van der Waals surface area contributed by atoms with Crippen LogP contribution in [0, 0.1) is 0 Å². The molecule has 90 heavy (non-hydrogen) atoms. The highest BCUT2D eigenvalue weighted by Crippen LogP contribution is 2.17. The lowest BCUT2D eigenvalue weighted by Crippen LogP contribution is -1.80. The van der Waals surface area contributed by atoms with Crippen LogP contribution in [0.25, 0.3) is 0 Å². The van der Waals surface area contributed by atoms with Gasteiger partial charge in [-0.3, -0.25) is 0 Å². The van der Waals surface area contributed by atoms with Crippen LogP contribution in [0.2, 0.25) is 0 Å². The molecule has 558 valence electrons. The molecule has 0 radical (unpaired) electrons. The van der Waals surface area contributed by atoms with Crippen molar-refractivity contribution in [3.63, 3.8) is 0 Å². The Labute approximate surface area is 573 Å². The Morgan fingerprint density at radius 1 is 0.100 bits per heavy atom. The van der Waals surface area contributed by atoms with Gasteiger partial charge in [-0.1, -0.05) is 507 Å². The average Bonchev–Trinajstić information content (AvgIpc) is 3.51. The summed E-state index contributed by atoms with van der Waals surface area (Å²) < 4.78 is 0. The molecular weight excluding hydrogens is 1170 g/mol. The summed E-state index contributed by atoms with van der Waals surface area (Å²) in [5.41, 5.74) is 0. The first-order chi connectivity index (χ1) is 43.7. The Hall–Kier alpha value is 0.930. The fraction of sp³-hybridized carbons (Fsp3) is 1.00. The monoisotopic (exact) mass is 1350 g/mol. The van der Waals surface area contributed by atoms with Crippen LogP contribution in [0.5, 0.6) is 0 Å². The first-order valence-corrected chi connectivity index (χ1v) is 43.9.